The smallest absolute Gasteiger partial charge is 0.179 e. The molecule has 1 aromatic carbocycles. The van der Waals surface area contributed by atoms with Crippen molar-refractivity contribution in [3.05, 3.63) is 29.8 Å². The lowest BCUT2D eigenvalue weighted by atomic mass is 9.87. The van der Waals surface area contributed by atoms with E-state index in [1.165, 1.54) is 0 Å². The van der Waals surface area contributed by atoms with E-state index >= 15 is 0 Å². The van der Waals surface area contributed by atoms with Crippen LogP contribution >= 0.6 is 0 Å². The van der Waals surface area contributed by atoms with E-state index < -0.39 is 9.84 Å². The molecule has 0 aromatic heterocycles. The van der Waals surface area contributed by atoms with Crippen LogP contribution in [0.15, 0.2) is 29.2 Å². The molecule has 1 heterocycles. The predicted molar refractivity (Wildman–Crippen MR) is 91.1 cm³/mol. The van der Waals surface area contributed by atoms with Crippen LogP contribution in [0.1, 0.15) is 33.3 Å². The Morgan fingerprint density at radius 3 is 2.41 bits per heavy atom. The molecule has 0 amide bonds. The van der Waals surface area contributed by atoms with E-state index in [1.54, 1.807) is 12.1 Å². The van der Waals surface area contributed by atoms with E-state index in [4.69, 9.17) is 0 Å². The average Bonchev–Trinajstić information content (AvgIpc) is 2.46. The molecular weight excluding hydrogens is 296 g/mol. The van der Waals surface area contributed by atoms with Gasteiger partial charge in [0, 0.05) is 32.2 Å². The summed E-state index contributed by atoms with van der Waals surface area (Å²) < 4.78 is 25.0. The van der Waals surface area contributed by atoms with Gasteiger partial charge in [0.25, 0.3) is 0 Å². The largest absolute Gasteiger partial charge is 0.314 e. The van der Waals surface area contributed by atoms with E-state index in [1.807, 2.05) is 12.1 Å². The van der Waals surface area contributed by atoms with Gasteiger partial charge < -0.3 is 5.32 Å². The summed E-state index contributed by atoms with van der Waals surface area (Å²) in [7, 11) is -3.21. The molecule has 1 atom stereocenters. The predicted octanol–water partition coefficient (Wildman–Crippen LogP) is 2.05. The Kier molecular flexibility index (Phi) is 5.30. The molecule has 124 valence electrons. The summed E-state index contributed by atoms with van der Waals surface area (Å²) in [6.45, 7) is 11.9. The molecule has 0 bridgehead atoms. The second kappa shape index (κ2) is 6.69. The minimum atomic E-state index is -3.21. The number of piperazine rings is 1. The summed E-state index contributed by atoms with van der Waals surface area (Å²) in [5, 5.41) is 3.32. The van der Waals surface area contributed by atoms with Crippen molar-refractivity contribution in [1.82, 2.24) is 10.2 Å². The Bertz CT molecular complexity index is 588. The van der Waals surface area contributed by atoms with Crippen LogP contribution in [0.2, 0.25) is 0 Å². The fourth-order valence-electron chi connectivity index (χ4n) is 2.73. The van der Waals surface area contributed by atoms with Crippen molar-refractivity contribution in [1.29, 1.82) is 0 Å². The third-order valence-corrected chi connectivity index (χ3v) is 6.08. The maximum Gasteiger partial charge on any atom is 0.179 e. The van der Waals surface area contributed by atoms with Gasteiger partial charge in [-0.2, -0.15) is 0 Å². The zero-order valence-corrected chi connectivity index (χ0v) is 14.9. The Morgan fingerprint density at radius 2 is 1.86 bits per heavy atom. The third kappa shape index (κ3) is 4.31. The van der Waals surface area contributed by atoms with Crippen LogP contribution in [0.25, 0.3) is 0 Å². The monoisotopic (exact) mass is 324 g/mol. The van der Waals surface area contributed by atoms with Gasteiger partial charge in [0.05, 0.1) is 10.6 Å². The van der Waals surface area contributed by atoms with E-state index in [0.717, 1.165) is 25.2 Å². The molecule has 2 rings (SSSR count). The van der Waals surface area contributed by atoms with Crippen molar-refractivity contribution < 1.29 is 8.42 Å². The van der Waals surface area contributed by atoms with E-state index in [0.29, 0.717) is 17.5 Å². The SMILES string of the molecule is C[C@H]1CNCCN1CCS(=O)(=O)c1ccc(C(C)(C)C)cc1. The number of nitrogens with one attached hydrogen (secondary N) is 1. The quantitative estimate of drug-likeness (QED) is 0.921. The van der Waals surface area contributed by atoms with Crippen LogP contribution in [-0.4, -0.2) is 51.3 Å². The first kappa shape index (κ1) is 17.4. The normalized spacial score (nSPS) is 21.0. The highest BCUT2D eigenvalue weighted by Crippen LogP contribution is 2.23. The molecular formula is C17H28N2O2S. The fraction of sp³-hybridized carbons (Fsp3) is 0.647. The van der Waals surface area contributed by atoms with Crippen LogP contribution in [0.3, 0.4) is 0 Å². The van der Waals surface area contributed by atoms with Gasteiger partial charge in [-0.3, -0.25) is 4.90 Å². The van der Waals surface area contributed by atoms with Gasteiger partial charge in [-0.1, -0.05) is 32.9 Å². The molecule has 1 aliphatic rings. The Morgan fingerprint density at radius 1 is 1.23 bits per heavy atom. The van der Waals surface area contributed by atoms with Crippen molar-refractivity contribution >= 4 is 9.84 Å². The molecule has 1 saturated heterocycles. The van der Waals surface area contributed by atoms with Crippen LogP contribution < -0.4 is 5.32 Å². The Hall–Kier alpha value is -0.910. The highest BCUT2D eigenvalue weighted by molar-refractivity contribution is 7.91. The maximum absolute atomic E-state index is 12.5. The lowest BCUT2D eigenvalue weighted by Crippen LogP contribution is -2.50. The van der Waals surface area contributed by atoms with E-state index in [-0.39, 0.29) is 11.2 Å². The number of nitrogens with zero attached hydrogens (tertiary/aromatic N) is 1. The average molecular weight is 324 g/mol. The Labute approximate surface area is 134 Å². The molecule has 4 nitrogen and oxygen atoms in total. The molecule has 1 N–H and O–H groups in total. The van der Waals surface area contributed by atoms with Gasteiger partial charge in [0.1, 0.15) is 0 Å². The third-order valence-electron chi connectivity index (χ3n) is 4.37. The minimum Gasteiger partial charge on any atom is -0.314 e. The number of rotatable bonds is 4. The van der Waals surface area contributed by atoms with Crippen molar-refractivity contribution in [2.45, 2.75) is 44.0 Å². The highest BCUT2D eigenvalue weighted by Gasteiger charge is 2.22. The fourth-order valence-corrected chi connectivity index (χ4v) is 3.99. The molecule has 0 spiro atoms. The zero-order chi connectivity index (χ0) is 16.4. The van der Waals surface area contributed by atoms with Crippen molar-refractivity contribution in [2.75, 3.05) is 31.9 Å². The first-order valence-electron chi connectivity index (χ1n) is 7.98. The van der Waals surface area contributed by atoms with Crippen LogP contribution in [0.4, 0.5) is 0 Å². The topological polar surface area (TPSA) is 49.4 Å². The standard InChI is InChI=1S/C17H28N2O2S/c1-14-13-18-9-10-19(14)11-12-22(20,21)16-7-5-15(6-8-16)17(2,3)4/h5-8,14,18H,9-13H2,1-4H3/t14-/m0/s1. The lowest BCUT2D eigenvalue weighted by molar-refractivity contribution is 0.184. The van der Waals surface area contributed by atoms with E-state index in [2.05, 4.69) is 37.9 Å². The second-order valence-electron chi connectivity index (χ2n) is 7.18. The molecule has 1 aromatic rings. The Balaban J connectivity index is 2.03. The molecule has 1 aliphatic heterocycles. The van der Waals surface area contributed by atoms with E-state index in [9.17, 15) is 8.42 Å². The van der Waals surface area contributed by atoms with Gasteiger partial charge in [0.15, 0.2) is 9.84 Å². The molecule has 22 heavy (non-hydrogen) atoms. The number of hydrogen-bond donors (Lipinski definition) is 1. The summed E-state index contributed by atoms with van der Waals surface area (Å²) in [4.78, 5) is 2.68. The molecule has 0 aliphatic carbocycles. The van der Waals surface area contributed by atoms with Crippen molar-refractivity contribution in [3.8, 4) is 0 Å². The van der Waals surface area contributed by atoms with Gasteiger partial charge >= 0.3 is 0 Å². The number of sulfone groups is 1. The van der Waals surface area contributed by atoms with Crippen molar-refractivity contribution in [2.24, 2.45) is 0 Å². The van der Waals surface area contributed by atoms with Gasteiger partial charge in [-0.05, 0) is 30.0 Å². The molecule has 0 saturated carbocycles. The van der Waals surface area contributed by atoms with Gasteiger partial charge in [0.2, 0.25) is 0 Å². The van der Waals surface area contributed by atoms with Crippen LogP contribution in [0, 0.1) is 0 Å². The summed E-state index contributed by atoms with van der Waals surface area (Å²) in [6.07, 6.45) is 0. The molecule has 0 unspecified atom stereocenters. The lowest BCUT2D eigenvalue weighted by Gasteiger charge is -2.33. The highest BCUT2D eigenvalue weighted by atomic mass is 32.2. The second-order valence-corrected chi connectivity index (χ2v) is 9.29. The summed E-state index contributed by atoms with van der Waals surface area (Å²) >= 11 is 0. The minimum absolute atomic E-state index is 0.0402. The van der Waals surface area contributed by atoms with Crippen LogP contribution in [-0.2, 0) is 15.3 Å². The summed E-state index contributed by atoms with van der Waals surface area (Å²) in [6, 6.07) is 7.75. The van der Waals surface area contributed by atoms with Gasteiger partial charge in [-0.15, -0.1) is 0 Å². The maximum atomic E-state index is 12.5. The molecule has 1 fully saturated rings. The van der Waals surface area contributed by atoms with Gasteiger partial charge in [-0.25, -0.2) is 8.42 Å². The van der Waals surface area contributed by atoms with Crippen LogP contribution in [0.5, 0.6) is 0 Å². The molecule has 0 radical (unpaired) electrons. The number of hydrogen-bond acceptors (Lipinski definition) is 4. The zero-order valence-electron chi connectivity index (χ0n) is 14.1. The first-order chi connectivity index (χ1) is 10.2. The summed E-state index contributed by atoms with van der Waals surface area (Å²) in [5.41, 5.74) is 1.19. The first-order valence-corrected chi connectivity index (χ1v) is 9.63. The number of benzene rings is 1. The van der Waals surface area contributed by atoms with Crippen molar-refractivity contribution in [3.63, 3.8) is 0 Å². The molecule has 5 heteroatoms. The summed E-state index contributed by atoms with van der Waals surface area (Å²) in [5.74, 6) is 0.187.